The van der Waals surface area contributed by atoms with E-state index in [1.165, 1.54) is 31.8 Å². The molecule has 4 nitrogen and oxygen atoms in total. The first-order chi connectivity index (χ1) is 12.1. The zero-order valence-electron chi connectivity index (χ0n) is 18.6. The molecule has 0 spiro atoms. The summed E-state index contributed by atoms with van der Waals surface area (Å²) in [6.07, 6.45) is 9.43. The number of unbranched alkanes of at least 4 members (excludes halogenated alkanes) is 2. The second kappa shape index (κ2) is 63.7. The Bertz CT molecular complexity index is 159. The Labute approximate surface area is 182 Å². The van der Waals surface area contributed by atoms with Gasteiger partial charge in [-0.1, -0.05) is 45.8 Å². The molecule has 0 saturated carbocycles. The van der Waals surface area contributed by atoms with E-state index in [-0.39, 0.29) is 21.7 Å². The maximum atomic E-state index is 4.78. The van der Waals surface area contributed by atoms with Gasteiger partial charge in [-0.2, -0.15) is 0 Å². The smallest absolute Gasteiger partial charge is 0.0641 e. The van der Waals surface area contributed by atoms with Gasteiger partial charge in [-0.3, -0.25) is 0 Å². The van der Waals surface area contributed by atoms with Gasteiger partial charge in [-0.05, 0) is 19.0 Å². The van der Waals surface area contributed by atoms with Crippen molar-refractivity contribution in [3.8, 4) is 0 Å². The molecule has 0 aromatic heterocycles. The summed E-state index contributed by atoms with van der Waals surface area (Å²) in [5, 5.41) is 0. The molecule has 1 atom stereocenters. The number of rotatable bonds is 10. The topological polar surface area (TPSA) is 36.9 Å². The minimum Gasteiger partial charge on any atom is -0.385 e. The van der Waals surface area contributed by atoms with Crippen LogP contribution in [0.2, 0.25) is 0 Å². The van der Waals surface area contributed by atoms with Crippen molar-refractivity contribution in [3.05, 3.63) is 25.3 Å². The van der Waals surface area contributed by atoms with Gasteiger partial charge in [-0.25, -0.2) is 0 Å². The normalized spacial score (nSPS) is 7.69. The maximum Gasteiger partial charge on any atom is 0.0641 e. The molecule has 160 valence electrons. The van der Waals surface area contributed by atoms with E-state index in [0.717, 1.165) is 13.2 Å². The predicted octanol–water partition coefficient (Wildman–Crippen LogP) is 5.38. The summed E-state index contributed by atoms with van der Waals surface area (Å²) in [6, 6.07) is 0. The van der Waals surface area contributed by atoms with Crippen molar-refractivity contribution in [2.45, 2.75) is 46.5 Å². The average molecular weight is 430 g/mol. The molecule has 0 fully saturated rings. The first-order valence-electron chi connectivity index (χ1n) is 8.95. The van der Waals surface area contributed by atoms with Gasteiger partial charge in [0, 0.05) is 63.4 Å². The molecule has 0 saturated heterocycles. The minimum atomic E-state index is 0. The first kappa shape index (κ1) is 41.0. The van der Waals surface area contributed by atoms with Gasteiger partial charge >= 0.3 is 0 Å². The fourth-order valence-corrected chi connectivity index (χ4v) is 0.813. The predicted molar refractivity (Wildman–Crippen MR) is 118 cm³/mol. The molecule has 0 aliphatic carbocycles. The van der Waals surface area contributed by atoms with Gasteiger partial charge < -0.3 is 18.9 Å². The molecule has 0 aliphatic heterocycles. The van der Waals surface area contributed by atoms with Crippen LogP contribution in [0.25, 0.3) is 0 Å². The first-order valence-corrected chi connectivity index (χ1v) is 9.77. The van der Waals surface area contributed by atoms with E-state index in [4.69, 9.17) is 9.47 Å². The Morgan fingerprint density at radius 2 is 0.962 bits per heavy atom. The van der Waals surface area contributed by atoms with Gasteiger partial charge in [0.2, 0.25) is 0 Å². The molecule has 0 aromatic carbocycles. The van der Waals surface area contributed by atoms with Crippen molar-refractivity contribution < 1.29 is 40.7 Å². The standard InChI is InChI=1S/2C5H12O.2C4H8O.C2H7P.Ti/c2*1-3-4-5-6-2;2*1-3-4-5-2;1-2-3;/h2*3-5H2,1-2H3;2*3H,1,4H2,2H3;2-3H2,1H3;. The van der Waals surface area contributed by atoms with Crippen LogP contribution in [0, 0.1) is 0 Å². The van der Waals surface area contributed by atoms with Gasteiger partial charge in [0.05, 0.1) is 13.2 Å². The molecule has 0 bridgehead atoms. The third kappa shape index (κ3) is 123. The molecule has 6 heteroatoms. The zero-order valence-corrected chi connectivity index (χ0v) is 21.4. The van der Waals surface area contributed by atoms with Crippen molar-refractivity contribution in [2.24, 2.45) is 0 Å². The Morgan fingerprint density at radius 1 is 0.692 bits per heavy atom. The van der Waals surface area contributed by atoms with Crippen molar-refractivity contribution in [3.63, 3.8) is 0 Å². The van der Waals surface area contributed by atoms with E-state index in [1.54, 1.807) is 40.6 Å². The molecule has 0 aliphatic rings. The Kier molecular flexibility index (Phi) is 100. The molecular weight excluding hydrogens is 383 g/mol. The van der Waals surface area contributed by atoms with Crippen molar-refractivity contribution in [1.82, 2.24) is 0 Å². The van der Waals surface area contributed by atoms with Crippen LogP contribution in [0.15, 0.2) is 25.3 Å². The minimum absolute atomic E-state index is 0. The second-order valence-electron chi connectivity index (χ2n) is 4.59. The van der Waals surface area contributed by atoms with Gasteiger partial charge in [0.25, 0.3) is 0 Å². The molecule has 0 rings (SSSR count). The molecular formula is C20H47O4PTi. The molecule has 0 amide bonds. The summed E-state index contributed by atoms with van der Waals surface area (Å²) in [4.78, 5) is 0. The number of hydrogen-bond acceptors (Lipinski definition) is 4. The summed E-state index contributed by atoms with van der Waals surface area (Å²) in [5.41, 5.74) is 0. The molecule has 0 aromatic rings. The molecule has 0 heterocycles. The van der Waals surface area contributed by atoms with Gasteiger partial charge in [0.15, 0.2) is 0 Å². The fraction of sp³-hybridized carbons (Fsp3) is 0.800. The molecule has 1 unspecified atom stereocenters. The third-order valence-electron chi connectivity index (χ3n) is 1.97. The van der Waals surface area contributed by atoms with Gasteiger partial charge in [-0.15, -0.1) is 22.4 Å². The molecule has 0 N–H and O–H groups in total. The third-order valence-corrected chi connectivity index (χ3v) is 1.97. The number of methoxy groups -OCH3 is 4. The van der Waals surface area contributed by atoms with Crippen LogP contribution in [0.3, 0.4) is 0 Å². The van der Waals surface area contributed by atoms with Crippen LogP contribution < -0.4 is 0 Å². The monoisotopic (exact) mass is 430 g/mol. The summed E-state index contributed by atoms with van der Waals surface area (Å²) in [5.74, 6) is 0. The van der Waals surface area contributed by atoms with E-state index < -0.39 is 0 Å². The van der Waals surface area contributed by atoms with Crippen LogP contribution in [-0.2, 0) is 40.7 Å². The van der Waals surface area contributed by atoms with Crippen molar-refractivity contribution in [2.75, 3.05) is 61.0 Å². The SMILES string of the molecule is C=CCOC.C=CCOC.CCCCOC.CCCCOC.CCP.[Ti]. The van der Waals surface area contributed by atoms with Crippen LogP contribution in [-0.4, -0.2) is 61.0 Å². The summed E-state index contributed by atoms with van der Waals surface area (Å²) >= 11 is 0. The average Bonchev–Trinajstić information content (AvgIpc) is 2.62. The van der Waals surface area contributed by atoms with Crippen LogP contribution >= 0.6 is 9.24 Å². The van der Waals surface area contributed by atoms with E-state index >= 15 is 0 Å². The quantitative estimate of drug-likeness (QED) is 0.202. The number of hydrogen-bond donors (Lipinski definition) is 0. The van der Waals surface area contributed by atoms with Crippen LogP contribution in [0.5, 0.6) is 0 Å². The maximum absolute atomic E-state index is 4.78. The summed E-state index contributed by atoms with van der Waals surface area (Å²) < 4.78 is 18.7. The molecule has 26 heavy (non-hydrogen) atoms. The summed E-state index contributed by atoms with van der Waals surface area (Å²) in [7, 11) is 9.32. The van der Waals surface area contributed by atoms with Crippen LogP contribution in [0.1, 0.15) is 46.5 Å². The van der Waals surface area contributed by atoms with Crippen molar-refractivity contribution in [1.29, 1.82) is 0 Å². The summed E-state index contributed by atoms with van der Waals surface area (Å²) in [6.45, 7) is 16.4. The Morgan fingerprint density at radius 3 is 1.00 bits per heavy atom. The Balaban J connectivity index is -0.0000000484. The zero-order chi connectivity index (χ0) is 20.6. The molecule has 0 radical (unpaired) electrons. The van der Waals surface area contributed by atoms with Crippen molar-refractivity contribution >= 4 is 9.24 Å². The van der Waals surface area contributed by atoms with E-state index in [2.05, 4.69) is 52.6 Å². The van der Waals surface area contributed by atoms with Crippen LogP contribution in [0.4, 0.5) is 0 Å². The van der Waals surface area contributed by atoms with Gasteiger partial charge in [0.1, 0.15) is 0 Å². The second-order valence-corrected chi connectivity index (χ2v) is 5.41. The Hall–Kier alpha value is 0.464. The largest absolute Gasteiger partial charge is 0.385 e. The number of ether oxygens (including phenoxy) is 4. The van der Waals surface area contributed by atoms with E-state index in [9.17, 15) is 0 Å². The fourth-order valence-electron chi connectivity index (χ4n) is 0.813. The van der Waals surface area contributed by atoms with E-state index in [1.807, 2.05) is 0 Å². The van der Waals surface area contributed by atoms with E-state index in [0.29, 0.717) is 13.2 Å².